The number of nitrogen functional groups attached to an aromatic ring is 1. The maximum absolute atomic E-state index is 6.28. The van der Waals surface area contributed by atoms with E-state index in [0.29, 0.717) is 22.3 Å². The molecule has 21 heavy (non-hydrogen) atoms. The van der Waals surface area contributed by atoms with E-state index in [9.17, 15) is 0 Å². The van der Waals surface area contributed by atoms with Crippen molar-refractivity contribution in [3.63, 3.8) is 0 Å². The zero-order valence-corrected chi connectivity index (χ0v) is 11.9. The van der Waals surface area contributed by atoms with Crippen LogP contribution in [0.25, 0.3) is 11.1 Å². The molecule has 0 unspecified atom stereocenters. The van der Waals surface area contributed by atoms with Gasteiger partial charge in [-0.3, -0.25) is 0 Å². The van der Waals surface area contributed by atoms with Crippen molar-refractivity contribution < 1.29 is 4.74 Å². The molecule has 0 aliphatic heterocycles. The van der Waals surface area contributed by atoms with Crippen LogP contribution < -0.4 is 10.5 Å². The maximum Gasteiger partial charge on any atom is 0.219 e. The zero-order valence-electron chi connectivity index (χ0n) is 11.2. The van der Waals surface area contributed by atoms with E-state index >= 15 is 0 Å². The van der Waals surface area contributed by atoms with Crippen LogP contribution >= 0.6 is 11.6 Å². The highest BCUT2D eigenvalue weighted by Gasteiger charge is 2.06. The first-order valence-electron chi connectivity index (χ1n) is 6.47. The van der Waals surface area contributed by atoms with Crippen LogP contribution in [0, 0.1) is 0 Å². The van der Waals surface area contributed by atoms with Crippen molar-refractivity contribution >= 4 is 17.3 Å². The van der Waals surface area contributed by atoms with Gasteiger partial charge >= 0.3 is 0 Å². The normalized spacial score (nSPS) is 10.3. The summed E-state index contributed by atoms with van der Waals surface area (Å²) in [5, 5.41) is 0.537. The predicted octanol–water partition coefficient (Wildman–Crippen LogP) is 4.78. The van der Waals surface area contributed by atoms with Gasteiger partial charge in [0.2, 0.25) is 5.88 Å². The molecule has 1 aromatic heterocycles. The number of benzene rings is 2. The Morgan fingerprint density at radius 2 is 1.71 bits per heavy atom. The van der Waals surface area contributed by atoms with Gasteiger partial charge in [-0.15, -0.1) is 0 Å². The molecular weight excluding hydrogens is 284 g/mol. The molecule has 2 N–H and O–H groups in total. The third-order valence-electron chi connectivity index (χ3n) is 3.01. The van der Waals surface area contributed by atoms with Gasteiger partial charge in [0.25, 0.3) is 0 Å². The van der Waals surface area contributed by atoms with E-state index in [2.05, 4.69) is 4.98 Å². The van der Waals surface area contributed by atoms with Crippen molar-refractivity contribution in [1.82, 2.24) is 4.98 Å². The van der Waals surface area contributed by atoms with Crippen LogP contribution in [-0.4, -0.2) is 4.98 Å². The van der Waals surface area contributed by atoms with Crippen molar-refractivity contribution in [1.29, 1.82) is 0 Å². The molecular formula is C17H13ClN2O. The molecule has 4 heteroatoms. The number of anilines is 1. The second kappa shape index (κ2) is 5.85. The highest BCUT2D eigenvalue weighted by Crippen LogP contribution is 2.32. The highest BCUT2D eigenvalue weighted by molar-refractivity contribution is 6.32. The predicted molar refractivity (Wildman–Crippen MR) is 85.6 cm³/mol. The number of hydrogen-bond donors (Lipinski definition) is 1. The molecule has 2 aromatic carbocycles. The molecule has 0 saturated heterocycles. The van der Waals surface area contributed by atoms with E-state index in [4.69, 9.17) is 22.1 Å². The van der Waals surface area contributed by atoms with Crippen molar-refractivity contribution in [3.8, 4) is 22.8 Å². The molecule has 3 rings (SSSR count). The van der Waals surface area contributed by atoms with E-state index < -0.39 is 0 Å². The number of halogens is 1. The summed E-state index contributed by atoms with van der Waals surface area (Å²) in [7, 11) is 0. The summed E-state index contributed by atoms with van der Waals surface area (Å²) >= 11 is 6.28. The topological polar surface area (TPSA) is 48.1 Å². The fourth-order valence-electron chi connectivity index (χ4n) is 1.96. The molecule has 1 heterocycles. The average molecular weight is 297 g/mol. The Kier molecular flexibility index (Phi) is 3.75. The molecule has 0 bridgehead atoms. The minimum Gasteiger partial charge on any atom is -0.437 e. The van der Waals surface area contributed by atoms with E-state index in [-0.39, 0.29) is 0 Å². The Balaban J connectivity index is 1.86. The molecule has 0 fully saturated rings. The number of pyridine rings is 1. The average Bonchev–Trinajstić information content (AvgIpc) is 2.52. The van der Waals surface area contributed by atoms with Gasteiger partial charge in [0, 0.05) is 6.07 Å². The van der Waals surface area contributed by atoms with Crippen LogP contribution in [-0.2, 0) is 0 Å². The number of nitrogens with two attached hydrogens (primary N) is 1. The molecule has 0 atom stereocenters. The van der Waals surface area contributed by atoms with Crippen LogP contribution in [0.4, 0.5) is 5.69 Å². The first kappa shape index (κ1) is 13.5. The van der Waals surface area contributed by atoms with Gasteiger partial charge in [-0.2, -0.15) is 0 Å². The lowest BCUT2D eigenvalue weighted by molar-refractivity contribution is 0.463. The van der Waals surface area contributed by atoms with E-state index in [1.165, 1.54) is 0 Å². The molecule has 3 nitrogen and oxygen atoms in total. The van der Waals surface area contributed by atoms with E-state index in [1.807, 2.05) is 48.5 Å². The largest absolute Gasteiger partial charge is 0.437 e. The first-order chi connectivity index (χ1) is 10.2. The van der Waals surface area contributed by atoms with E-state index in [0.717, 1.165) is 11.1 Å². The summed E-state index contributed by atoms with van der Waals surface area (Å²) < 4.78 is 5.66. The fraction of sp³-hybridized carbons (Fsp3) is 0. The summed E-state index contributed by atoms with van der Waals surface area (Å²) in [5.74, 6) is 1.02. The summed E-state index contributed by atoms with van der Waals surface area (Å²) in [6.07, 6.45) is 1.54. The Morgan fingerprint density at radius 1 is 0.905 bits per heavy atom. The number of rotatable bonds is 3. The van der Waals surface area contributed by atoms with Gasteiger partial charge in [-0.25, -0.2) is 4.98 Å². The molecule has 0 aliphatic carbocycles. The SMILES string of the molecule is Nc1ccc(Oc2ccc(-c3ccccc3)cc2Cl)nc1. The van der Waals surface area contributed by atoms with Gasteiger partial charge in [-0.05, 0) is 29.3 Å². The van der Waals surface area contributed by atoms with E-state index in [1.54, 1.807) is 18.3 Å². The lowest BCUT2D eigenvalue weighted by atomic mass is 10.1. The van der Waals surface area contributed by atoms with Gasteiger partial charge in [0.1, 0.15) is 5.75 Å². The second-order valence-corrected chi connectivity index (χ2v) is 4.95. The lowest BCUT2D eigenvalue weighted by Gasteiger charge is -2.09. The minimum absolute atomic E-state index is 0.457. The number of ether oxygens (including phenoxy) is 1. The van der Waals surface area contributed by atoms with Crippen molar-refractivity contribution in [2.75, 3.05) is 5.73 Å². The monoisotopic (exact) mass is 296 g/mol. The zero-order chi connectivity index (χ0) is 14.7. The first-order valence-corrected chi connectivity index (χ1v) is 6.84. The van der Waals surface area contributed by atoms with Gasteiger partial charge in [-0.1, -0.05) is 48.0 Å². The number of aromatic nitrogens is 1. The maximum atomic E-state index is 6.28. The molecule has 0 aliphatic rings. The van der Waals surface area contributed by atoms with Crippen LogP contribution in [0.2, 0.25) is 5.02 Å². The second-order valence-electron chi connectivity index (χ2n) is 4.54. The Labute approximate surface area is 128 Å². The fourth-order valence-corrected chi connectivity index (χ4v) is 2.18. The summed E-state index contributed by atoms with van der Waals surface area (Å²) in [6.45, 7) is 0. The van der Waals surface area contributed by atoms with Crippen molar-refractivity contribution in [2.45, 2.75) is 0 Å². The lowest BCUT2D eigenvalue weighted by Crippen LogP contribution is -1.91. The molecule has 0 saturated carbocycles. The van der Waals surface area contributed by atoms with Gasteiger partial charge in [0.05, 0.1) is 16.9 Å². The summed E-state index contributed by atoms with van der Waals surface area (Å²) in [6, 6.07) is 19.2. The number of hydrogen-bond acceptors (Lipinski definition) is 3. The quantitative estimate of drug-likeness (QED) is 0.757. The summed E-state index contributed by atoms with van der Waals surface area (Å²) in [5.41, 5.74) is 8.33. The van der Waals surface area contributed by atoms with Crippen LogP contribution in [0.1, 0.15) is 0 Å². The third-order valence-corrected chi connectivity index (χ3v) is 3.31. The Bertz CT molecular complexity index is 742. The summed E-state index contributed by atoms with van der Waals surface area (Å²) in [4.78, 5) is 4.09. The standard InChI is InChI=1S/C17H13ClN2O/c18-15-10-13(12-4-2-1-3-5-12)6-8-16(15)21-17-9-7-14(19)11-20-17/h1-11H,19H2. The third kappa shape index (κ3) is 3.15. The van der Waals surface area contributed by atoms with Gasteiger partial charge in [0.15, 0.2) is 0 Å². The van der Waals surface area contributed by atoms with Crippen LogP contribution in [0.15, 0.2) is 66.9 Å². The smallest absolute Gasteiger partial charge is 0.219 e. The Morgan fingerprint density at radius 3 is 2.38 bits per heavy atom. The van der Waals surface area contributed by atoms with Gasteiger partial charge < -0.3 is 10.5 Å². The van der Waals surface area contributed by atoms with Crippen LogP contribution in [0.5, 0.6) is 11.6 Å². The molecule has 0 amide bonds. The molecule has 104 valence electrons. The minimum atomic E-state index is 0.457. The molecule has 0 radical (unpaired) electrons. The highest BCUT2D eigenvalue weighted by atomic mass is 35.5. The molecule has 0 spiro atoms. The van der Waals surface area contributed by atoms with Crippen molar-refractivity contribution in [3.05, 3.63) is 71.9 Å². The Hall–Kier alpha value is -2.52. The molecule has 3 aromatic rings. The van der Waals surface area contributed by atoms with Crippen molar-refractivity contribution in [2.24, 2.45) is 0 Å². The van der Waals surface area contributed by atoms with Crippen LogP contribution in [0.3, 0.4) is 0 Å². The number of nitrogens with zero attached hydrogens (tertiary/aromatic N) is 1.